The minimum absolute atomic E-state index is 0.141. The lowest BCUT2D eigenvalue weighted by atomic mass is 10.1. The van der Waals surface area contributed by atoms with Crippen LogP contribution in [0.15, 0.2) is 47.0 Å². The number of rotatable bonds is 4. The Morgan fingerprint density at radius 2 is 2.03 bits per heavy atom. The zero-order chi connectivity index (χ0) is 20.7. The predicted octanol–water partition coefficient (Wildman–Crippen LogP) is 4.07. The van der Waals surface area contributed by atoms with Crippen LogP contribution < -0.4 is 4.74 Å². The van der Waals surface area contributed by atoms with Crippen molar-refractivity contribution in [1.29, 1.82) is 0 Å². The minimum Gasteiger partial charge on any atom is -0.494 e. The van der Waals surface area contributed by atoms with E-state index in [9.17, 15) is 4.39 Å². The number of nitrogens with zero attached hydrogens (tertiary/aromatic N) is 5. The van der Waals surface area contributed by atoms with Crippen LogP contribution in [-0.2, 0) is 17.9 Å². The lowest BCUT2D eigenvalue weighted by Crippen LogP contribution is -2.22. The Labute approximate surface area is 175 Å². The molecule has 1 aliphatic heterocycles. The molecule has 0 aliphatic carbocycles. The molecule has 0 fully saturated rings. The van der Waals surface area contributed by atoms with E-state index in [1.807, 2.05) is 24.3 Å². The van der Waals surface area contributed by atoms with Crippen molar-refractivity contribution in [2.45, 2.75) is 19.3 Å². The van der Waals surface area contributed by atoms with Gasteiger partial charge in [0.25, 0.3) is 5.89 Å². The molecule has 0 amide bonds. The van der Waals surface area contributed by atoms with Gasteiger partial charge in [0.1, 0.15) is 6.10 Å². The molecule has 8 nitrogen and oxygen atoms in total. The summed E-state index contributed by atoms with van der Waals surface area (Å²) in [7, 11) is 1.40. The summed E-state index contributed by atoms with van der Waals surface area (Å²) >= 11 is 5.95. The predicted molar refractivity (Wildman–Crippen MR) is 104 cm³/mol. The highest BCUT2D eigenvalue weighted by Crippen LogP contribution is 2.32. The summed E-state index contributed by atoms with van der Waals surface area (Å²) in [4.78, 5) is 4.34. The van der Waals surface area contributed by atoms with E-state index < -0.39 is 5.82 Å². The van der Waals surface area contributed by atoms with Crippen LogP contribution in [0.1, 0.15) is 17.4 Å². The van der Waals surface area contributed by atoms with E-state index in [0.717, 1.165) is 11.3 Å². The third kappa shape index (κ3) is 3.31. The summed E-state index contributed by atoms with van der Waals surface area (Å²) in [5, 5.41) is 13.0. The summed E-state index contributed by atoms with van der Waals surface area (Å²) in [6.07, 6.45) is -0.162. The number of ether oxygens (including phenoxy) is 2. The van der Waals surface area contributed by atoms with Crippen molar-refractivity contribution in [3.8, 4) is 28.7 Å². The molecule has 0 N–H and O–H groups in total. The minimum atomic E-state index is -0.510. The van der Waals surface area contributed by atoms with Crippen LogP contribution in [0.2, 0.25) is 5.02 Å². The van der Waals surface area contributed by atoms with Crippen molar-refractivity contribution in [1.82, 2.24) is 25.1 Å². The van der Waals surface area contributed by atoms with Gasteiger partial charge in [-0.25, -0.2) is 9.07 Å². The van der Waals surface area contributed by atoms with Crippen molar-refractivity contribution < 1.29 is 18.4 Å². The van der Waals surface area contributed by atoms with Crippen LogP contribution in [-0.4, -0.2) is 32.2 Å². The van der Waals surface area contributed by atoms with Crippen molar-refractivity contribution in [2.24, 2.45) is 0 Å². The summed E-state index contributed by atoms with van der Waals surface area (Å²) in [5.74, 6) is 0.0614. The Morgan fingerprint density at radius 1 is 1.20 bits per heavy atom. The first-order valence-electron chi connectivity index (χ1n) is 9.10. The van der Waals surface area contributed by atoms with Gasteiger partial charge in [0.15, 0.2) is 17.3 Å². The van der Waals surface area contributed by atoms with E-state index in [2.05, 4.69) is 20.5 Å². The van der Waals surface area contributed by atoms with Gasteiger partial charge < -0.3 is 14.0 Å². The third-order valence-corrected chi connectivity index (χ3v) is 5.13. The van der Waals surface area contributed by atoms with Crippen LogP contribution >= 0.6 is 11.6 Å². The fraction of sp³-hybridized carbons (Fsp3) is 0.200. The largest absolute Gasteiger partial charge is 0.494 e. The fourth-order valence-corrected chi connectivity index (χ4v) is 3.43. The number of halogens is 2. The van der Waals surface area contributed by atoms with E-state index in [4.69, 9.17) is 25.6 Å². The van der Waals surface area contributed by atoms with Crippen molar-refractivity contribution >= 4 is 11.6 Å². The molecule has 30 heavy (non-hydrogen) atoms. The Kier molecular flexibility index (Phi) is 4.68. The molecule has 0 unspecified atom stereocenters. The monoisotopic (exact) mass is 427 g/mol. The molecule has 2 aromatic heterocycles. The smallest absolute Gasteiger partial charge is 0.280 e. The maximum Gasteiger partial charge on any atom is 0.280 e. The highest BCUT2D eigenvalue weighted by molar-refractivity contribution is 6.30. The molecular formula is C20H15ClFN5O3. The third-order valence-electron chi connectivity index (χ3n) is 4.88. The number of hydrogen-bond acceptors (Lipinski definition) is 7. The van der Waals surface area contributed by atoms with Gasteiger partial charge in [-0.1, -0.05) is 34.1 Å². The van der Waals surface area contributed by atoms with Gasteiger partial charge in [-0.05, 0) is 35.9 Å². The van der Waals surface area contributed by atoms with Crippen molar-refractivity contribution in [2.75, 3.05) is 7.11 Å². The Balaban J connectivity index is 1.40. The van der Waals surface area contributed by atoms with E-state index in [1.165, 1.54) is 19.2 Å². The van der Waals surface area contributed by atoms with Crippen LogP contribution in [0.5, 0.6) is 5.75 Å². The van der Waals surface area contributed by atoms with Crippen LogP contribution in [0, 0.1) is 5.82 Å². The lowest BCUT2D eigenvalue weighted by molar-refractivity contribution is -0.00117. The van der Waals surface area contributed by atoms with Gasteiger partial charge in [-0.3, -0.25) is 0 Å². The van der Waals surface area contributed by atoms with Crippen molar-refractivity contribution in [3.63, 3.8) is 0 Å². The van der Waals surface area contributed by atoms with Crippen LogP contribution in [0.25, 0.3) is 23.0 Å². The number of aromatic nitrogens is 5. The molecule has 1 atom stereocenters. The fourth-order valence-electron chi connectivity index (χ4n) is 3.30. The van der Waals surface area contributed by atoms with Gasteiger partial charge in [0.05, 0.1) is 26.0 Å². The topological polar surface area (TPSA) is 88.1 Å². The Hall–Kier alpha value is -3.30. The molecule has 1 aliphatic rings. The summed E-state index contributed by atoms with van der Waals surface area (Å²) in [5.41, 5.74) is 2.64. The molecule has 0 spiro atoms. The number of methoxy groups -OCH3 is 1. The first-order chi connectivity index (χ1) is 14.6. The summed E-state index contributed by atoms with van der Waals surface area (Å²) in [6.45, 7) is 0.777. The van der Waals surface area contributed by atoms with E-state index in [-0.39, 0.29) is 30.2 Å². The van der Waals surface area contributed by atoms with Gasteiger partial charge in [0, 0.05) is 10.6 Å². The number of fused-ring (bicyclic) bond motifs is 1. The van der Waals surface area contributed by atoms with Crippen LogP contribution in [0.3, 0.4) is 0 Å². The molecule has 0 saturated carbocycles. The second kappa shape index (κ2) is 7.51. The average molecular weight is 428 g/mol. The summed E-state index contributed by atoms with van der Waals surface area (Å²) in [6, 6.07) is 11.9. The number of hydrogen-bond donors (Lipinski definition) is 0. The van der Waals surface area contributed by atoms with Gasteiger partial charge >= 0.3 is 0 Å². The molecule has 152 valence electrons. The molecule has 0 radical (unpaired) electrons. The highest BCUT2D eigenvalue weighted by atomic mass is 35.5. The van der Waals surface area contributed by atoms with Crippen LogP contribution in [0.4, 0.5) is 4.39 Å². The second-order valence-corrected chi connectivity index (χ2v) is 7.13. The zero-order valence-corrected chi connectivity index (χ0v) is 16.5. The maximum absolute atomic E-state index is 14.0. The normalized spacial score (nSPS) is 15.8. The molecule has 0 bridgehead atoms. The first-order valence-corrected chi connectivity index (χ1v) is 9.47. The molecule has 2 aromatic carbocycles. The van der Waals surface area contributed by atoms with Gasteiger partial charge in [-0.2, -0.15) is 4.98 Å². The average Bonchev–Trinajstić information content (AvgIpc) is 3.41. The van der Waals surface area contributed by atoms with Gasteiger partial charge in [-0.15, -0.1) is 5.10 Å². The highest BCUT2D eigenvalue weighted by Gasteiger charge is 2.28. The van der Waals surface area contributed by atoms with E-state index >= 15 is 0 Å². The Bertz CT molecular complexity index is 1210. The molecule has 0 saturated heterocycles. The molecule has 5 rings (SSSR count). The molecule has 4 aromatic rings. The molecule has 10 heteroatoms. The lowest BCUT2D eigenvalue weighted by Gasteiger charge is -2.24. The number of benzene rings is 2. The van der Waals surface area contributed by atoms with E-state index in [0.29, 0.717) is 22.8 Å². The Morgan fingerprint density at radius 3 is 2.80 bits per heavy atom. The van der Waals surface area contributed by atoms with E-state index in [1.54, 1.807) is 10.7 Å². The molecular weight excluding hydrogens is 413 g/mol. The first kappa shape index (κ1) is 18.7. The zero-order valence-electron chi connectivity index (χ0n) is 15.7. The SMILES string of the molecule is COc1ccc(-c2noc(-c3nnn4c3CO[C@@H](c3ccc(Cl)cc3)C4)n2)cc1F. The van der Waals surface area contributed by atoms with Gasteiger partial charge in [0.2, 0.25) is 5.82 Å². The standard InChI is InChI=1S/C20H15ClFN5O3/c1-28-16-7-4-12(8-14(16)22)19-23-20(30-25-19)18-15-10-29-17(9-27(15)26-24-18)11-2-5-13(21)6-3-11/h2-8,17H,9-10H2,1H3/t17-/m1/s1. The van der Waals surface area contributed by atoms with Crippen molar-refractivity contribution in [3.05, 3.63) is 64.6 Å². The second-order valence-electron chi connectivity index (χ2n) is 6.69. The quantitative estimate of drug-likeness (QED) is 0.485. The molecule has 3 heterocycles. The maximum atomic E-state index is 14.0. The summed E-state index contributed by atoms with van der Waals surface area (Å²) < 4.78 is 32.0.